The van der Waals surface area contributed by atoms with Crippen molar-refractivity contribution < 1.29 is 19.0 Å². The third-order valence-corrected chi connectivity index (χ3v) is 2.83. The van der Waals surface area contributed by atoms with Crippen molar-refractivity contribution in [2.75, 3.05) is 40.0 Å². The van der Waals surface area contributed by atoms with Crippen LogP contribution in [0.1, 0.15) is 26.2 Å². The molecule has 0 saturated carbocycles. The van der Waals surface area contributed by atoms with Crippen LogP contribution in [0.25, 0.3) is 0 Å². The summed E-state index contributed by atoms with van der Waals surface area (Å²) < 4.78 is 15.8. The van der Waals surface area contributed by atoms with Crippen LogP contribution in [-0.4, -0.2) is 57.1 Å². The summed E-state index contributed by atoms with van der Waals surface area (Å²) in [6, 6.07) is 0. The molecule has 0 N–H and O–H groups in total. The topological polar surface area (TPSA) is 48.0 Å². The summed E-state index contributed by atoms with van der Waals surface area (Å²) in [5, 5.41) is 0. The number of methoxy groups -OCH3 is 1. The van der Waals surface area contributed by atoms with Gasteiger partial charge in [-0.15, -0.1) is 0 Å². The molecule has 1 fully saturated rings. The molecule has 1 saturated heterocycles. The monoisotopic (exact) mass is 245 g/mol. The number of hydrogen-bond acceptors (Lipinski definition) is 4. The Labute approximate surface area is 103 Å². The van der Waals surface area contributed by atoms with Gasteiger partial charge in [0.05, 0.1) is 6.61 Å². The second-order valence-electron chi connectivity index (χ2n) is 4.07. The highest BCUT2D eigenvalue weighted by atomic mass is 16.7. The van der Waals surface area contributed by atoms with Crippen LogP contribution < -0.4 is 0 Å². The molecule has 1 heterocycles. The molecule has 17 heavy (non-hydrogen) atoms. The molecule has 1 amide bonds. The zero-order chi connectivity index (χ0) is 12.5. The number of nitrogens with zero attached hydrogens (tertiary/aromatic N) is 1. The fourth-order valence-corrected chi connectivity index (χ4v) is 1.76. The molecule has 0 aromatic rings. The molecule has 0 spiro atoms. The minimum absolute atomic E-state index is 0.00118. The van der Waals surface area contributed by atoms with Crippen LogP contribution in [-0.2, 0) is 19.0 Å². The van der Waals surface area contributed by atoms with E-state index in [0.717, 1.165) is 25.9 Å². The summed E-state index contributed by atoms with van der Waals surface area (Å²) in [5.74, 6) is -0.00118. The molecule has 1 rings (SSSR count). The highest BCUT2D eigenvalue weighted by Gasteiger charge is 2.17. The first-order valence-electron chi connectivity index (χ1n) is 6.27. The summed E-state index contributed by atoms with van der Waals surface area (Å²) in [5.41, 5.74) is 0. The largest absolute Gasteiger partial charge is 0.383 e. The molecule has 0 radical (unpaired) electrons. The van der Waals surface area contributed by atoms with E-state index in [1.165, 1.54) is 0 Å². The van der Waals surface area contributed by atoms with Crippen molar-refractivity contribution in [1.29, 1.82) is 0 Å². The number of likely N-dealkylation sites (N-methyl/N-ethyl adjacent to an activating group) is 1. The standard InChI is InChI=1S/C12H23NO4/c1-3-13(7-9-15-2)11(14)10-17-12-6-4-5-8-16-12/h12H,3-10H2,1-2H3. The minimum Gasteiger partial charge on any atom is -0.383 e. The van der Waals surface area contributed by atoms with Gasteiger partial charge < -0.3 is 19.1 Å². The first-order chi connectivity index (χ1) is 8.27. The molecule has 0 bridgehead atoms. The molecule has 0 aliphatic carbocycles. The van der Waals surface area contributed by atoms with Crippen LogP contribution in [0.15, 0.2) is 0 Å². The van der Waals surface area contributed by atoms with Crippen molar-refractivity contribution in [3.8, 4) is 0 Å². The molecule has 5 nitrogen and oxygen atoms in total. The van der Waals surface area contributed by atoms with E-state index >= 15 is 0 Å². The first-order valence-corrected chi connectivity index (χ1v) is 6.27. The number of carbonyl (C=O) groups excluding carboxylic acids is 1. The lowest BCUT2D eigenvalue weighted by Crippen LogP contribution is -2.38. The van der Waals surface area contributed by atoms with Crippen molar-refractivity contribution in [1.82, 2.24) is 4.90 Å². The summed E-state index contributed by atoms with van der Waals surface area (Å²) in [4.78, 5) is 13.5. The summed E-state index contributed by atoms with van der Waals surface area (Å²) >= 11 is 0. The minimum atomic E-state index is -0.200. The fraction of sp³-hybridized carbons (Fsp3) is 0.917. The summed E-state index contributed by atoms with van der Waals surface area (Å²) in [7, 11) is 1.63. The maximum atomic E-state index is 11.8. The van der Waals surface area contributed by atoms with E-state index in [1.54, 1.807) is 12.0 Å². The Morgan fingerprint density at radius 1 is 1.47 bits per heavy atom. The van der Waals surface area contributed by atoms with Gasteiger partial charge in [-0.25, -0.2) is 0 Å². The van der Waals surface area contributed by atoms with Crippen molar-refractivity contribution in [2.24, 2.45) is 0 Å². The normalized spacial score (nSPS) is 20.2. The lowest BCUT2D eigenvalue weighted by Gasteiger charge is -2.25. The van der Waals surface area contributed by atoms with Gasteiger partial charge in [-0.2, -0.15) is 0 Å². The van der Waals surface area contributed by atoms with Gasteiger partial charge in [0.1, 0.15) is 6.61 Å². The molecule has 100 valence electrons. The first kappa shape index (κ1) is 14.4. The quantitative estimate of drug-likeness (QED) is 0.672. The number of hydrogen-bond donors (Lipinski definition) is 0. The van der Waals surface area contributed by atoms with E-state index in [1.807, 2.05) is 6.92 Å². The third kappa shape index (κ3) is 5.48. The van der Waals surface area contributed by atoms with E-state index in [2.05, 4.69) is 0 Å². The zero-order valence-electron chi connectivity index (χ0n) is 10.8. The Morgan fingerprint density at radius 2 is 2.29 bits per heavy atom. The Hall–Kier alpha value is -0.650. The molecule has 5 heteroatoms. The van der Waals surface area contributed by atoms with Crippen LogP contribution in [0.3, 0.4) is 0 Å². The smallest absolute Gasteiger partial charge is 0.248 e. The zero-order valence-corrected chi connectivity index (χ0v) is 10.8. The highest BCUT2D eigenvalue weighted by molar-refractivity contribution is 5.77. The van der Waals surface area contributed by atoms with E-state index in [0.29, 0.717) is 19.7 Å². The predicted octanol–water partition coefficient (Wildman–Crippen LogP) is 1.02. The van der Waals surface area contributed by atoms with Crippen molar-refractivity contribution in [2.45, 2.75) is 32.5 Å². The van der Waals surface area contributed by atoms with Gasteiger partial charge in [0, 0.05) is 26.8 Å². The second kappa shape index (κ2) is 8.44. The van der Waals surface area contributed by atoms with Crippen molar-refractivity contribution >= 4 is 5.91 Å². The molecule has 1 aliphatic rings. The summed E-state index contributed by atoms with van der Waals surface area (Å²) in [6.45, 7) is 4.63. The van der Waals surface area contributed by atoms with Gasteiger partial charge in [0.15, 0.2) is 6.29 Å². The third-order valence-electron chi connectivity index (χ3n) is 2.83. The fourth-order valence-electron chi connectivity index (χ4n) is 1.76. The number of amides is 1. The van der Waals surface area contributed by atoms with E-state index in [4.69, 9.17) is 14.2 Å². The van der Waals surface area contributed by atoms with Crippen LogP contribution in [0.5, 0.6) is 0 Å². The van der Waals surface area contributed by atoms with Gasteiger partial charge in [-0.1, -0.05) is 0 Å². The molecular formula is C12H23NO4. The van der Waals surface area contributed by atoms with E-state index < -0.39 is 0 Å². The van der Waals surface area contributed by atoms with Crippen LogP contribution in [0.2, 0.25) is 0 Å². The molecular weight excluding hydrogens is 222 g/mol. The van der Waals surface area contributed by atoms with Gasteiger partial charge in [0.2, 0.25) is 5.91 Å². The maximum absolute atomic E-state index is 11.8. The van der Waals surface area contributed by atoms with Gasteiger partial charge in [-0.3, -0.25) is 4.79 Å². The highest BCUT2D eigenvalue weighted by Crippen LogP contribution is 2.13. The molecule has 1 aliphatic heterocycles. The average molecular weight is 245 g/mol. The van der Waals surface area contributed by atoms with Crippen LogP contribution >= 0.6 is 0 Å². The lowest BCUT2D eigenvalue weighted by molar-refractivity contribution is -0.175. The molecule has 0 aromatic heterocycles. The number of ether oxygens (including phenoxy) is 3. The number of carbonyl (C=O) groups is 1. The molecule has 0 aromatic carbocycles. The SMILES string of the molecule is CCN(CCOC)C(=O)COC1CCCCO1. The maximum Gasteiger partial charge on any atom is 0.248 e. The van der Waals surface area contributed by atoms with E-state index in [9.17, 15) is 4.79 Å². The lowest BCUT2D eigenvalue weighted by atomic mass is 10.2. The van der Waals surface area contributed by atoms with Crippen molar-refractivity contribution in [3.05, 3.63) is 0 Å². The Kier molecular flexibility index (Phi) is 7.16. The second-order valence-corrected chi connectivity index (χ2v) is 4.07. The van der Waals surface area contributed by atoms with E-state index in [-0.39, 0.29) is 18.8 Å². The molecule has 1 unspecified atom stereocenters. The van der Waals surface area contributed by atoms with Gasteiger partial charge >= 0.3 is 0 Å². The Bertz CT molecular complexity index is 217. The summed E-state index contributed by atoms with van der Waals surface area (Å²) in [6.07, 6.45) is 2.88. The van der Waals surface area contributed by atoms with Gasteiger partial charge in [0.25, 0.3) is 0 Å². The Balaban J connectivity index is 2.21. The van der Waals surface area contributed by atoms with Crippen LogP contribution in [0.4, 0.5) is 0 Å². The predicted molar refractivity (Wildman–Crippen MR) is 63.7 cm³/mol. The average Bonchev–Trinajstić information content (AvgIpc) is 2.38. The molecule has 1 atom stereocenters. The number of rotatable bonds is 7. The Morgan fingerprint density at radius 3 is 2.88 bits per heavy atom. The van der Waals surface area contributed by atoms with Crippen molar-refractivity contribution in [3.63, 3.8) is 0 Å². The van der Waals surface area contributed by atoms with Crippen LogP contribution in [0, 0.1) is 0 Å². The van der Waals surface area contributed by atoms with Gasteiger partial charge in [-0.05, 0) is 26.2 Å².